The standard InChI is InChI=1S/C13H19N3O/c1-5-17-10-8-6-7-9-11(10)15-12(14)16(9)13(2,3)4/h6-8H,5H2,1-4H3,(H2,14,15). The van der Waals surface area contributed by atoms with E-state index in [1.165, 1.54) is 0 Å². The fourth-order valence-electron chi connectivity index (χ4n) is 2.07. The van der Waals surface area contributed by atoms with Gasteiger partial charge in [-0.3, -0.25) is 0 Å². The number of para-hydroxylation sites is 1. The highest BCUT2D eigenvalue weighted by Crippen LogP contribution is 2.31. The van der Waals surface area contributed by atoms with Gasteiger partial charge in [0.05, 0.1) is 12.1 Å². The highest BCUT2D eigenvalue weighted by Gasteiger charge is 2.21. The van der Waals surface area contributed by atoms with Crippen molar-refractivity contribution in [2.75, 3.05) is 12.3 Å². The molecule has 2 N–H and O–H groups in total. The minimum absolute atomic E-state index is 0.0936. The number of aromatic nitrogens is 2. The van der Waals surface area contributed by atoms with Crippen LogP contribution in [0.2, 0.25) is 0 Å². The zero-order valence-corrected chi connectivity index (χ0v) is 10.8. The van der Waals surface area contributed by atoms with Crippen molar-refractivity contribution in [2.45, 2.75) is 33.2 Å². The molecule has 0 aliphatic carbocycles. The number of ether oxygens (including phenoxy) is 1. The molecule has 2 aromatic rings. The van der Waals surface area contributed by atoms with Crippen molar-refractivity contribution in [3.05, 3.63) is 18.2 Å². The van der Waals surface area contributed by atoms with Crippen LogP contribution in [0.1, 0.15) is 27.7 Å². The lowest BCUT2D eigenvalue weighted by atomic mass is 10.1. The number of anilines is 1. The zero-order chi connectivity index (χ0) is 12.6. The minimum atomic E-state index is -0.0936. The first-order chi connectivity index (χ1) is 7.95. The van der Waals surface area contributed by atoms with Crippen molar-refractivity contribution in [1.82, 2.24) is 9.55 Å². The molecule has 1 aromatic heterocycles. The second kappa shape index (κ2) is 3.95. The van der Waals surface area contributed by atoms with Gasteiger partial charge in [-0.1, -0.05) is 6.07 Å². The van der Waals surface area contributed by atoms with E-state index in [0.29, 0.717) is 12.6 Å². The van der Waals surface area contributed by atoms with Crippen LogP contribution >= 0.6 is 0 Å². The first-order valence-electron chi connectivity index (χ1n) is 5.85. The molecule has 1 heterocycles. The van der Waals surface area contributed by atoms with Gasteiger partial charge >= 0.3 is 0 Å². The predicted molar refractivity (Wildman–Crippen MR) is 70.3 cm³/mol. The van der Waals surface area contributed by atoms with Crippen LogP contribution in [0.3, 0.4) is 0 Å². The van der Waals surface area contributed by atoms with Gasteiger partial charge in [0.2, 0.25) is 5.95 Å². The fraction of sp³-hybridized carbons (Fsp3) is 0.462. The second-order valence-electron chi connectivity index (χ2n) is 5.03. The Hall–Kier alpha value is -1.71. The van der Waals surface area contributed by atoms with Crippen LogP contribution in [0.4, 0.5) is 5.95 Å². The Kier molecular flexibility index (Phi) is 2.73. The van der Waals surface area contributed by atoms with E-state index in [0.717, 1.165) is 16.8 Å². The topological polar surface area (TPSA) is 53.1 Å². The van der Waals surface area contributed by atoms with E-state index in [9.17, 15) is 0 Å². The van der Waals surface area contributed by atoms with Crippen molar-refractivity contribution < 1.29 is 4.74 Å². The maximum absolute atomic E-state index is 6.00. The Morgan fingerprint density at radius 2 is 2.06 bits per heavy atom. The number of hydrogen-bond acceptors (Lipinski definition) is 3. The van der Waals surface area contributed by atoms with E-state index in [1.807, 2.05) is 29.7 Å². The predicted octanol–water partition coefficient (Wildman–Crippen LogP) is 2.77. The fourth-order valence-corrected chi connectivity index (χ4v) is 2.07. The van der Waals surface area contributed by atoms with Gasteiger partial charge in [0.25, 0.3) is 0 Å². The third kappa shape index (κ3) is 1.95. The molecule has 0 radical (unpaired) electrons. The first kappa shape index (κ1) is 11.8. The van der Waals surface area contributed by atoms with Gasteiger partial charge < -0.3 is 15.0 Å². The highest BCUT2D eigenvalue weighted by atomic mass is 16.5. The summed E-state index contributed by atoms with van der Waals surface area (Å²) >= 11 is 0. The SMILES string of the molecule is CCOc1cccc2c1nc(N)n2C(C)(C)C. The summed E-state index contributed by atoms with van der Waals surface area (Å²) in [4.78, 5) is 4.41. The smallest absolute Gasteiger partial charge is 0.201 e. The van der Waals surface area contributed by atoms with E-state index in [4.69, 9.17) is 10.5 Å². The first-order valence-corrected chi connectivity index (χ1v) is 5.85. The Labute approximate surface area is 101 Å². The maximum Gasteiger partial charge on any atom is 0.201 e. The molecule has 0 fully saturated rings. The summed E-state index contributed by atoms with van der Waals surface area (Å²) in [5, 5.41) is 0. The summed E-state index contributed by atoms with van der Waals surface area (Å²) in [5.41, 5.74) is 7.76. The summed E-state index contributed by atoms with van der Waals surface area (Å²) in [6, 6.07) is 5.91. The third-order valence-electron chi connectivity index (χ3n) is 2.64. The minimum Gasteiger partial charge on any atom is -0.492 e. The Bertz CT molecular complexity index is 537. The molecule has 0 atom stereocenters. The van der Waals surface area contributed by atoms with Crippen LogP contribution in [-0.4, -0.2) is 16.2 Å². The van der Waals surface area contributed by atoms with Gasteiger partial charge in [0.15, 0.2) is 0 Å². The molecule has 1 aromatic carbocycles. The van der Waals surface area contributed by atoms with Gasteiger partial charge in [-0.15, -0.1) is 0 Å². The second-order valence-corrected chi connectivity index (χ2v) is 5.03. The molecule has 0 saturated carbocycles. The largest absolute Gasteiger partial charge is 0.492 e. The number of hydrogen-bond donors (Lipinski definition) is 1. The summed E-state index contributed by atoms with van der Waals surface area (Å²) in [6.45, 7) is 8.91. The van der Waals surface area contributed by atoms with Gasteiger partial charge in [0.1, 0.15) is 11.3 Å². The third-order valence-corrected chi connectivity index (χ3v) is 2.64. The molecule has 0 aliphatic heterocycles. The summed E-state index contributed by atoms with van der Waals surface area (Å²) in [7, 11) is 0. The van der Waals surface area contributed by atoms with Crippen LogP contribution in [0, 0.1) is 0 Å². The highest BCUT2D eigenvalue weighted by molar-refractivity contribution is 5.84. The molecule has 0 aliphatic rings. The number of rotatable bonds is 2. The van der Waals surface area contributed by atoms with E-state index in [2.05, 4.69) is 25.8 Å². The van der Waals surface area contributed by atoms with E-state index < -0.39 is 0 Å². The number of nitrogens with two attached hydrogens (primary N) is 1. The molecule has 4 nitrogen and oxygen atoms in total. The van der Waals surface area contributed by atoms with E-state index in [1.54, 1.807) is 0 Å². The molecule has 0 saturated heterocycles. The molecular weight excluding hydrogens is 214 g/mol. The van der Waals surface area contributed by atoms with Crippen LogP contribution in [0.25, 0.3) is 11.0 Å². The van der Waals surface area contributed by atoms with Crippen molar-refractivity contribution in [3.63, 3.8) is 0 Å². The van der Waals surface area contributed by atoms with Gasteiger partial charge in [-0.25, -0.2) is 4.98 Å². The van der Waals surface area contributed by atoms with Crippen LogP contribution in [0.15, 0.2) is 18.2 Å². The van der Waals surface area contributed by atoms with E-state index >= 15 is 0 Å². The van der Waals surface area contributed by atoms with Gasteiger partial charge in [-0.05, 0) is 39.8 Å². The lowest BCUT2D eigenvalue weighted by molar-refractivity contribution is 0.343. The molecular formula is C13H19N3O. The van der Waals surface area contributed by atoms with Crippen molar-refractivity contribution in [3.8, 4) is 5.75 Å². The quantitative estimate of drug-likeness (QED) is 0.867. The number of imidazole rings is 1. The monoisotopic (exact) mass is 233 g/mol. The Morgan fingerprint density at radius 1 is 1.35 bits per heavy atom. The Morgan fingerprint density at radius 3 is 2.65 bits per heavy atom. The molecule has 0 unspecified atom stereocenters. The maximum atomic E-state index is 6.00. The number of benzene rings is 1. The van der Waals surface area contributed by atoms with Crippen LogP contribution in [0.5, 0.6) is 5.75 Å². The van der Waals surface area contributed by atoms with Gasteiger partial charge in [0, 0.05) is 5.54 Å². The van der Waals surface area contributed by atoms with Crippen molar-refractivity contribution in [2.24, 2.45) is 0 Å². The molecule has 2 rings (SSSR count). The van der Waals surface area contributed by atoms with Gasteiger partial charge in [-0.2, -0.15) is 0 Å². The average molecular weight is 233 g/mol. The molecule has 92 valence electrons. The molecule has 0 amide bonds. The lowest BCUT2D eigenvalue weighted by Gasteiger charge is -2.23. The molecule has 17 heavy (non-hydrogen) atoms. The summed E-state index contributed by atoms with van der Waals surface area (Å²) in [5.74, 6) is 1.32. The van der Waals surface area contributed by atoms with E-state index in [-0.39, 0.29) is 5.54 Å². The number of fused-ring (bicyclic) bond motifs is 1. The summed E-state index contributed by atoms with van der Waals surface area (Å²) < 4.78 is 7.60. The van der Waals surface area contributed by atoms with Crippen molar-refractivity contribution >= 4 is 17.0 Å². The Balaban J connectivity index is 2.72. The molecule has 4 heteroatoms. The number of nitrogen functional groups attached to an aromatic ring is 1. The van der Waals surface area contributed by atoms with Crippen LogP contribution < -0.4 is 10.5 Å². The average Bonchev–Trinajstić information content (AvgIpc) is 2.55. The zero-order valence-electron chi connectivity index (χ0n) is 10.8. The summed E-state index contributed by atoms with van der Waals surface area (Å²) in [6.07, 6.45) is 0. The normalized spacial score (nSPS) is 12.0. The number of nitrogens with zero attached hydrogens (tertiary/aromatic N) is 2. The molecule has 0 spiro atoms. The van der Waals surface area contributed by atoms with Crippen LogP contribution in [-0.2, 0) is 5.54 Å². The lowest BCUT2D eigenvalue weighted by Crippen LogP contribution is -2.23. The molecule has 0 bridgehead atoms. The van der Waals surface area contributed by atoms with Crippen molar-refractivity contribution in [1.29, 1.82) is 0 Å².